The van der Waals surface area contributed by atoms with Crippen LogP contribution in [0.4, 0.5) is 0 Å². The van der Waals surface area contributed by atoms with Crippen molar-refractivity contribution in [3.05, 3.63) is 16.6 Å². The minimum Gasteiger partial charge on any atom is -0.458 e. The van der Waals surface area contributed by atoms with E-state index in [9.17, 15) is 19.8 Å². The van der Waals surface area contributed by atoms with E-state index in [2.05, 4.69) is 11.9 Å². The summed E-state index contributed by atoms with van der Waals surface area (Å²) in [6.45, 7) is 11.3. The Hall–Kier alpha value is -1.22. The van der Waals surface area contributed by atoms with E-state index in [4.69, 9.17) is 4.74 Å². The highest BCUT2D eigenvalue weighted by Crippen LogP contribution is 2.58. The van der Waals surface area contributed by atoms with Gasteiger partial charge in [-0.25, -0.2) is 4.98 Å². The average molecular weight is 538 g/mol. The standard InChI is InChI=1S/C28H43NO5S2/c1-16-9-8-10-28(6)14-19(28)12-21(17(2)11-20-15-36-26(29-20)35-7)34-23(31)13-22(30)27(4,5)25(33)18(3)24(16)32/h11,15-16,18-19,21-22,24,30,32H,8-10,12-14H2,1-7H3/b17-11+/t16-,18+,19+,21-,22-,24-,28-/m0/s1. The molecule has 8 heteroatoms. The molecule has 36 heavy (non-hydrogen) atoms. The van der Waals surface area contributed by atoms with Gasteiger partial charge >= 0.3 is 5.97 Å². The lowest BCUT2D eigenvalue weighted by Gasteiger charge is -2.34. The summed E-state index contributed by atoms with van der Waals surface area (Å²) >= 11 is 3.19. The summed E-state index contributed by atoms with van der Waals surface area (Å²) in [6, 6.07) is 0. The van der Waals surface area contributed by atoms with Crippen LogP contribution in [0.25, 0.3) is 6.08 Å². The smallest absolute Gasteiger partial charge is 0.309 e. The van der Waals surface area contributed by atoms with Gasteiger partial charge in [0.15, 0.2) is 0 Å². The van der Waals surface area contributed by atoms with Crippen LogP contribution in [0.2, 0.25) is 0 Å². The van der Waals surface area contributed by atoms with Crippen LogP contribution >= 0.6 is 23.1 Å². The maximum absolute atomic E-state index is 13.3. The number of cyclic esters (lactones) is 1. The number of hydrogen-bond acceptors (Lipinski definition) is 8. The number of hydrogen-bond donors (Lipinski definition) is 2. The van der Waals surface area contributed by atoms with Crippen molar-refractivity contribution in [2.75, 3.05) is 6.26 Å². The van der Waals surface area contributed by atoms with E-state index < -0.39 is 35.6 Å². The Bertz CT molecular complexity index is 973. The van der Waals surface area contributed by atoms with Crippen LogP contribution in [0.5, 0.6) is 0 Å². The third-order valence-electron chi connectivity index (χ3n) is 8.61. The number of aliphatic hydroxyl groups is 2. The third-order valence-corrected chi connectivity index (χ3v) is 10.5. The lowest BCUT2D eigenvalue weighted by atomic mass is 9.73. The zero-order valence-electron chi connectivity index (χ0n) is 22.7. The van der Waals surface area contributed by atoms with Crippen LogP contribution in [0.1, 0.15) is 85.8 Å². The fraction of sp³-hybridized carbons (Fsp3) is 0.750. The van der Waals surface area contributed by atoms with E-state index >= 15 is 0 Å². The second-order valence-corrected chi connectivity index (χ2v) is 13.8. The molecule has 0 spiro atoms. The van der Waals surface area contributed by atoms with Crippen molar-refractivity contribution in [1.82, 2.24) is 4.98 Å². The van der Waals surface area contributed by atoms with Gasteiger partial charge in [0.05, 0.1) is 29.7 Å². The summed E-state index contributed by atoms with van der Waals surface area (Å²) < 4.78 is 6.96. The molecular weight excluding hydrogens is 494 g/mol. The van der Waals surface area contributed by atoms with E-state index in [1.807, 2.05) is 31.6 Å². The Morgan fingerprint density at radius 2 is 1.94 bits per heavy atom. The predicted octanol–water partition coefficient (Wildman–Crippen LogP) is 5.76. The summed E-state index contributed by atoms with van der Waals surface area (Å²) in [5.74, 6) is -0.937. The van der Waals surface area contributed by atoms with Crippen LogP contribution in [-0.4, -0.2) is 51.5 Å². The highest BCUT2D eigenvalue weighted by Gasteiger charge is 2.50. The van der Waals surface area contributed by atoms with Crippen molar-refractivity contribution < 1.29 is 24.5 Å². The molecule has 7 atom stereocenters. The van der Waals surface area contributed by atoms with E-state index in [0.717, 1.165) is 47.7 Å². The molecule has 1 saturated heterocycles. The van der Waals surface area contributed by atoms with E-state index in [1.165, 1.54) is 0 Å². The quantitative estimate of drug-likeness (QED) is 0.374. The van der Waals surface area contributed by atoms with Gasteiger partial charge in [0.25, 0.3) is 0 Å². The monoisotopic (exact) mass is 537 g/mol. The molecule has 1 aromatic rings. The molecule has 1 saturated carbocycles. The number of fused-ring (bicyclic) bond motifs is 1. The number of thiazole rings is 1. The maximum Gasteiger partial charge on any atom is 0.309 e. The van der Waals surface area contributed by atoms with Gasteiger partial charge in [0.1, 0.15) is 16.2 Å². The number of carbonyl (C=O) groups excluding carboxylic acids is 2. The van der Waals surface area contributed by atoms with Gasteiger partial charge in [0.2, 0.25) is 0 Å². The number of esters is 1. The second-order valence-electron chi connectivity index (χ2n) is 11.9. The maximum atomic E-state index is 13.3. The summed E-state index contributed by atoms with van der Waals surface area (Å²) in [4.78, 5) is 30.9. The lowest BCUT2D eigenvalue weighted by Crippen LogP contribution is -2.45. The largest absolute Gasteiger partial charge is 0.458 e. The van der Waals surface area contributed by atoms with Crippen LogP contribution in [0.3, 0.4) is 0 Å². The Labute approximate surface area is 224 Å². The van der Waals surface area contributed by atoms with Crippen LogP contribution < -0.4 is 0 Å². The van der Waals surface area contributed by atoms with E-state index in [-0.39, 0.29) is 23.5 Å². The van der Waals surface area contributed by atoms with Gasteiger partial charge in [-0.2, -0.15) is 0 Å². The Balaban J connectivity index is 1.85. The molecule has 0 aromatic carbocycles. The molecule has 1 aliphatic heterocycles. The zero-order valence-corrected chi connectivity index (χ0v) is 24.4. The molecule has 202 valence electrons. The van der Waals surface area contributed by atoms with Gasteiger partial charge in [-0.05, 0) is 67.8 Å². The van der Waals surface area contributed by atoms with E-state index in [1.54, 1.807) is 43.9 Å². The molecule has 0 bridgehead atoms. The predicted molar refractivity (Wildman–Crippen MR) is 146 cm³/mol. The number of Topliss-reactive ketones (excluding diaryl/α,β-unsaturated/α-hetero) is 1. The van der Waals surface area contributed by atoms with Gasteiger partial charge in [-0.15, -0.1) is 11.3 Å². The molecule has 2 fully saturated rings. The topological polar surface area (TPSA) is 96.7 Å². The van der Waals surface area contributed by atoms with Crippen molar-refractivity contribution in [2.45, 2.75) is 103 Å². The first kappa shape index (κ1) is 29.3. The first-order chi connectivity index (χ1) is 16.8. The minimum absolute atomic E-state index is 0.0159. The molecule has 2 heterocycles. The number of carbonyl (C=O) groups is 2. The number of aliphatic hydroxyl groups excluding tert-OH is 2. The van der Waals surface area contributed by atoms with Crippen molar-refractivity contribution in [1.29, 1.82) is 0 Å². The highest BCUT2D eigenvalue weighted by atomic mass is 32.2. The van der Waals surface area contributed by atoms with Gasteiger partial charge in [-0.3, -0.25) is 9.59 Å². The molecule has 0 radical (unpaired) electrons. The molecular formula is C28H43NO5S2. The molecule has 2 N–H and O–H groups in total. The SMILES string of the molecule is CSc1nc(/C=C(\C)[C@@H]2C[C@@H]3C[C@]3(C)CCC[C@H](C)[C@H](O)[C@@H](C)C(=O)C(C)(C)[C@@H](O)CC(=O)O2)cs1. The van der Waals surface area contributed by atoms with Crippen LogP contribution in [-0.2, 0) is 14.3 Å². The third kappa shape index (κ3) is 6.80. The first-order valence-corrected chi connectivity index (χ1v) is 15.2. The minimum atomic E-state index is -1.20. The molecule has 0 unspecified atom stereocenters. The van der Waals surface area contributed by atoms with Crippen LogP contribution in [0.15, 0.2) is 15.3 Å². The number of ketones is 1. The Kier molecular flexibility index (Phi) is 9.51. The zero-order chi connectivity index (χ0) is 26.8. The Morgan fingerprint density at radius 1 is 1.25 bits per heavy atom. The summed E-state index contributed by atoms with van der Waals surface area (Å²) in [7, 11) is 0. The molecule has 1 aromatic heterocycles. The summed E-state index contributed by atoms with van der Waals surface area (Å²) in [5, 5.41) is 23.8. The first-order valence-electron chi connectivity index (χ1n) is 13.1. The van der Waals surface area contributed by atoms with Crippen molar-refractivity contribution in [2.24, 2.45) is 28.6 Å². The normalized spacial score (nSPS) is 36.8. The average Bonchev–Trinajstić information content (AvgIpc) is 3.23. The van der Waals surface area contributed by atoms with Crippen LogP contribution in [0, 0.1) is 28.6 Å². The number of aromatic nitrogens is 1. The number of rotatable bonds is 3. The fourth-order valence-electron chi connectivity index (χ4n) is 5.54. The fourth-order valence-corrected chi connectivity index (χ4v) is 6.76. The number of ether oxygens (including phenoxy) is 1. The summed E-state index contributed by atoms with van der Waals surface area (Å²) in [6.07, 6.45) is 6.04. The van der Waals surface area contributed by atoms with Crippen molar-refractivity contribution >= 4 is 40.9 Å². The molecule has 3 rings (SSSR count). The molecule has 2 aliphatic rings. The Morgan fingerprint density at radius 3 is 2.58 bits per heavy atom. The lowest BCUT2D eigenvalue weighted by molar-refractivity contribution is -0.154. The van der Waals surface area contributed by atoms with Crippen molar-refractivity contribution in [3.8, 4) is 0 Å². The van der Waals surface area contributed by atoms with E-state index in [0.29, 0.717) is 5.92 Å². The van der Waals surface area contributed by atoms with Gasteiger partial charge in [0, 0.05) is 11.3 Å². The number of nitrogens with zero attached hydrogens (tertiary/aromatic N) is 1. The molecule has 6 nitrogen and oxygen atoms in total. The molecule has 0 amide bonds. The second kappa shape index (κ2) is 11.7. The van der Waals surface area contributed by atoms with Gasteiger partial charge in [-0.1, -0.05) is 52.8 Å². The highest BCUT2D eigenvalue weighted by molar-refractivity contribution is 8.00. The van der Waals surface area contributed by atoms with Gasteiger partial charge < -0.3 is 14.9 Å². The van der Waals surface area contributed by atoms with Crippen molar-refractivity contribution in [3.63, 3.8) is 0 Å². The molecule has 1 aliphatic carbocycles. The number of thioether (sulfide) groups is 1. The summed E-state index contributed by atoms with van der Waals surface area (Å²) in [5.41, 5.74) is 0.812.